The van der Waals surface area contributed by atoms with E-state index in [0.29, 0.717) is 43.7 Å². The zero-order valence-electron chi connectivity index (χ0n) is 41.1. The number of carbonyl (C=O) groups excluding carboxylic acids is 2. The molecule has 4 rings (SSSR count). The summed E-state index contributed by atoms with van der Waals surface area (Å²) in [6.07, 6.45) is 31.9. The number of rotatable bonds is 35. The minimum absolute atomic E-state index is 0.0411. The molecule has 0 aromatic heterocycles. The molecule has 65 heavy (non-hydrogen) atoms. The van der Waals surface area contributed by atoms with E-state index >= 15 is 0 Å². The molecule has 1 fully saturated rings. The maximum absolute atomic E-state index is 14.3. The fraction of sp³-hybridized carbons (Fsp3) is 0.759. The van der Waals surface area contributed by atoms with Gasteiger partial charge in [0.2, 0.25) is 11.7 Å². The van der Waals surface area contributed by atoms with Gasteiger partial charge in [-0.05, 0) is 74.1 Å². The number of hydrogen-bond acceptors (Lipinski definition) is 9. The second-order valence-corrected chi connectivity index (χ2v) is 19.0. The summed E-state index contributed by atoms with van der Waals surface area (Å²) in [5.41, 5.74) is 2.66. The molecule has 1 saturated carbocycles. The van der Waals surface area contributed by atoms with E-state index in [2.05, 4.69) is 37.0 Å². The predicted molar refractivity (Wildman–Crippen MR) is 262 cm³/mol. The number of unbranched alkanes of at least 4 members (excludes halogenated alkanes) is 19. The van der Waals surface area contributed by atoms with Crippen LogP contribution in [0.4, 0.5) is 4.79 Å². The van der Waals surface area contributed by atoms with E-state index in [0.717, 1.165) is 74.6 Å². The quantitative estimate of drug-likeness (QED) is 0.0348. The summed E-state index contributed by atoms with van der Waals surface area (Å²) in [6, 6.07) is 5.09. The Bertz CT molecular complexity index is 1600. The zero-order valence-corrected chi connectivity index (χ0v) is 41.1. The first-order valence-corrected chi connectivity index (χ1v) is 26.1. The van der Waals surface area contributed by atoms with Gasteiger partial charge in [0, 0.05) is 51.1 Å². The highest BCUT2D eigenvalue weighted by Gasteiger charge is 2.65. The number of aliphatic hydroxyl groups excluding tert-OH is 2. The Hall–Kier alpha value is -3.41. The average Bonchev–Trinajstić information content (AvgIpc) is 3.30. The molecule has 0 saturated heterocycles. The van der Waals surface area contributed by atoms with Gasteiger partial charge in [-0.15, -0.1) is 6.58 Å². The van der Waals surface area contributed by atoms with E-state index in [1.165, 1.54) is 89.9 Å². The van der Waals surface area contributed by atoms with Crippen LogP contribution >= 0.6 is 0 Å². The lowest BCUT2D eigenvalue weighted by Gasteiger charge is -2.59. The summed E-state index contributed by atoms with van der Waals surface area (Å²) < 4.78 is 20.2. The van der Waals surface area contributed by atoms with Gasteiger partial charge in [0.25, 0.3) is 0 Å². The number of allylic oxidation sites excluding steroid dienone is 1. The monoisotopic (exact) mass is 908 g/mol. The van der Waals surface area contributed by atoms with Crippen molar-refractivity contribution in [3.63, 3.8) is 0 Å². The number of hydrogen-bond donors (Lipinski definition) is 3. The minimum atomic E-state index is -1.30. The highest BCUT2D eigenvalue weighted by Crippen LogP contribution is 2.61. The topological polar surface area (TPSA) is 139 Å². The van der Waals surface area contributed by atoms with E-state index in [4.69, 9.17) is 19.0 Å². The molecule has 0 spiro atoms. The first-order valence-electron chi connectivity index (χ1n) is 26.1. The molecule has 3 N–H and O–H groups in total. The van der Waals surface area contributed by atoms with Crippen LogP contribution in [0.1, 0.15) is 199 Å². The molecule has 1 aromatic rings. The van der Waals surface area contributed by atoms with Crippen molar-refractivity contribution < 1.29 is 38.9 Å². The van der Waals surface area contributed by atoms with Gasteiger partial charge in [-0.25, -0.2) is 4.79 Å². The molecule has 11 heteroatoms. The summed E-state index contributed by atoms with van der Waals surface area (Å²) in [5, 5.41) is 27.4. The number of oxime groups is 1. The van der Waals surface area contributed by atoms with Crippen LogP contribution in [0.25, 0.3) is 0 Å². The maximum Gasteiger partial charge on any atom is 0.412 e. The number of ether oxygens (including phenoxy) is 3. The maximum atomic E-state index is 14.3. The molecule has 2 amide bonds. The van der Waals surface area contributed by atoms with Gasteiger partial charge in [0.05, 0.1) is 18.2 Å². The third-order valence-electron chi connectivity index (χ3n) is 14.2. The number of nitrogens with one attached hydrogen (secondary N) is 1. The van der Waals surface area contributed by atoms with Gasteiger partial charge in [0.1, 0.15) is 24.7 Å². The van der Waals surface area contributed by atoms with Crippen LogP contribution in [0.15, 0.2) is 47.7 Å². The predicted octanol–water partition coefficient (Wildman–Crippen LogP) is 12.3. The smallest absolute Gasteiger partial charge is 0.412 e. The average molecular weight is 908 g/mol. The van der Waals surface area contributed by atoms with Crippen LogP contribution in [0.5, 0.6) is 11.5 Å². The second kappa shape index (κ2) is 30.8. The lowest BCUT2D eigenvalue weighted by molar-refractivity contribution is -0.255. The molecule has 0 radical (unpaired) electrons. The van der Waals surface area contributed by atoms with Gasteiger partial charge in [-0.3, -0.25) is 4.79 Å². The number of aliphatic hydroxyl groups is 2. The number of amides is 2. The fourth-order valence-electron chi connectivity index (χ4n) is 10.8. The van der Waals surface area contributed by atoms with Gasteiger partial charge in [-0.1, -0.05) is 153 Å². The number of likely N-dealkylation sites (N-methyl/N-ethyl adjacent to an activating group) is 1. The highest BCUT2D eigenvalue weighted by atomic mass is 16.7. The van der Waals surface area contributed by atoms with E-state index in [1.54, 1.807) is 19.3 Å². The van der Waals surface area contributed by atoms with Crippen LogP contribution < -0.4 is 14.8 Å². The first-order chi connectivity index (χ1) is 31.8. The van der Waals surface area contributed by atoms with Crippen molar-refractivity contribution in [2.45, 2.75) is 205 Å². The Kier molecular flexibility index (Phi) is 25.7. The molecule has 368 valence electrons. The Balaban J connectivity index is 1.64. The highest BCUT2D eigenvalue weighted by molar-refractivity contribution is 6.03. The van der Waals surface area contributed by atoms with Crippen LogP contribution in [-0.4, -0.2) is 85.2 Å². The van der Waals surface area contributed by atoms with Gasteiger partial charge in [0.15, 0.2) is 0 Å². The van der Waals surface area contributed by atoms with Crippen molar-refractivity contribution in [1.29, 1.82) is 0 Å². The Morgan fingerprint density at radius 2 is 1.45 bits per heavy atom. The Morgan fingerprint density at radius 1 is 0.846 bits per heavy atom. The van der Waals surface area contributed by atoms with Crippen molar-refractivity contribution in [3.05, 3.63) is 48.1 Å². The summed E-state index contributed by atoms with van der Waals surface area (Å²) >= 11 is 0. The van der Waals surface area contributed by atoms with Crippen LogP contribution in [-0.2, 0) is 14.4 Å². The normalized spacial score (nSPS) is 22.6. The van der Waals surface area contributed by atoms with E-state index in [1.807, 2.05) is 24.1 Å². The minimum Gasteiger partial charge on any atom is -0.459 e. The lowest BCUT2D eigenvalue weighted by atomic mass is 9.55. The largest absolute Gasteiger partial charge is 0.459 e. The zero-order chi connectivity index (χ0) is 46.7. The van der Waals surface area contributed by atoms with E-state index in [-0.39, 0.29) is 43.5 Å². The van der Waals surface area contributed by atoms with E-state index in [9.17, 15) is 19.8 Å². The molecule has 1 heterocycles. The molecule has 1 aliphatic heterocycles. The summed E-state index contributed by atoms with van der Waals surface area (Å²) in [7, 11) is 3.43. The van der Waals surface area contributed by atoms with Crippen molar-refractivity contribution >= 4 is 17.7 Å². The van der Waals surface area contributed by atoms with Gasteiger partial charge >= 0.3 is 6.09 Å². The Morgan fingerprint density at radius 3 is 2.05 bits per heavy atom. The van der Waals surface area contributed by atoms with Gasteiger partial charge in [-0.2, -0.15) is 0 Å². The molecular formula is C54H89N3O8. The molecule has 2 aliphatic carbocycles. The number of nitrogens with zero attached hydrogens (tertiary/aromatic N) is 2. The number of fused-ring (bicyclic) bond motifs is 2. The second-order valence-electron chi connectivity index (χ2n) is 19.0. The van der Waals surface area contributed by atoms with Crippen molar-refractivity contribution in [3.8, 4) is 11.5 Å². The first kappa shape index (κ1) is 54.2. The molecular weight excluding hydrogens is 819 g/mol. The molecule has 0 bridgehead atoms. The third-order valence-corrected chi connectivity index (χ3v) is 14.2. The Labute approximate surface area is 393 Å². The molecule has 0 unspecified atom stereocenters. The fourth-order valence-corrected chi connectivity index (χ4v) is 10.8. The summed E-state index contributed by atoms with van der Waals surface area (Å²) in [6.45, 7) is 9.51. The van der Waals surface area contributed by atoms with Crippen molar-refractivity contribution in [2.24, 2.45) is 22.9 Å². The van der Waals surface area contributed by atoms with Crippen LogP contribution in [0, 0.1) is 17.8 Å². The van der Waals surface area contributed by atoms with Crippen LogP contribution in [0.2, 0.25) is 0 Å². The summed E-state index contributed by atoms with van der Waals surface area (Å²) in [5.74, 6) is -0.599. The van der Waals surface area contributed by atoms with Crippen molar-refractivity contribution in [1.82, 2.24) is 10.2 Å². The molecule has 11 nitrogen and oxygen atoms in total. The van der Waals surface area contributed by atoms with Crippen molar-refractivity contribution in [2.75, 3.05) is 40.5 Å². The molecule has 1 aromatic carbocycles. The summed E-state index contributed by atoms with van der Waals surface area (Å²) in [4.78, 5) is 34.9. The SMILES string of the molecule is C=CCO[C@@]12Oc3ccc(OC(=O)NCCCCCCCCCCCC)cc3[C@H]3[C@H](CCCCO)[C@@H](CCCCO)C=C(C(=NOC)C[C@@H]1N(C)C(=O)CCCCCCCCCCC)[C@H]32. The number of carbonyl (C=O) groups is 2. The standard InChI is InChI=1S/C54H89N3O8/c1-6-9-11-13-15-17-19-21-23-27-35-55-53(61)64-43-33-34-48-46(40-43)51-44(31-26-29-37-59)42(30-25-28-36-58)39-45-47(56-62-5)41-49(54(65-48,52(45)51)63-38-8-3)57(4)50(60)32-24-22-20-18-16-14-12-10-7-2/h8,33-34,39-40,42,44,49,51-52,58-59H,3,6-7,9-32,35-38,41H2,1-2,4-5H3,(H,55,61)/t42-,44+,49-,51+,52+,54+/m0/s1. The number of benzene rings is 1. The van der Waals surface area contributed by atoms with Gasteiger partial charge < -0.3 is 39.5 Å². The van der Waals surface area contributed by atoms with E-state index < -0.39 is 23.8 Å². The molecule has 6 atom stereocenters. The lowest BCUT2D eigenvalue weighted by Crippen LogP contribution is -2.69. The third kappa shape index (κ3) is 16.4. The van der Waals surface area contributed by atoms with Crippen LogP contribution in [0.3, 0.4) is 0 Å². The molecule has 3 aliphatic rings.